The summed E-state index contributed by atoms with van der Waals surface area (Å²) in [4.78, 5) is 17.6. The number of carbonyl (C=O) groups is 1. The number of unbranched alkanes of at least 4 members (excludes halogenated alkanes) is 2. The summed E-state index contributed by atoms with van der Waals surface area (Å²) >= 11 is 0. The molecule has 1 saturated carbocycles. The van der Waals surface area contributed by atoms with Crippen molar-refractivity contribution in [3.05, 3.63) is 65.1 Å². The lowest BCUT2D eigenvalue weighted by molar-refractivity contribution is -0.140. The second-order valence-corrected chi connectivity index (χ2v) is 11.9. The molecule has 0 radical (unpaired) electrons. The van der Waals surface area contributed by atoms with Gasteiger partial charge in [0.1, 0.15) is 11.6 Å². The molecule has 1 saturated heterocycles. The SMILES string of the molecule is O=C(C1CCC1)N1CCC2(CC1)CN(Cc1ccccc1F)Cc1c2c2ccc(O)cc2n1CCCCCO. The average Bonchev–Trinajstić information content (AvgIpc) is 3.20. The summed E-state index contributed by atoms with van der Waals surface area (Å²) in [6.45, 7) is 4.59. The zero-order chi connectivity index (χ0) is 27.0. The normalized spacial score (nSPS) is 19.4. The number of halogens is 1. The van der Waals surface area contributed by atoms with Gasteiger partial charge in [-0.1, -0.05) is 24.6 Å². The van der Waals surface area contributed by atoms with Crippen LogP contribution in [-0.2, 0) is 29.8 Å². The van der Waals surface area contributed by atoms with E-state index in [9.17, 15) is 19.4 Å². The van der Waals surface area contributed by atoms with E-state index in [4.69, 9.17) is 0 Å². The van der Waals surface area contributed by atoms with Crippen molar-refractivity contribution < 1.29 is 19.4 Å². The third kappa shape index (κ3) is 4.95. The van der Waals surface area contributed by atoms with Gasteiger partial charge in [-0.2, -0.15) is 0 Å². The lowest BCUT2D eigenvalue weighted by Crippen LogP contribution is -2.54. The predicted molar refractivity (Wildman–Crippen MR) is 150 cm³/mol. The van der Waals surface area contributed by atoms with Gasteiger partial charge in [-0.3, -0.25) is 9.69 Å². The van der Waals surface area contributed by atoms with Crippen LogP contribution in [0.3, 0.4) is 0 Å². The molecule has 6 nitrogen and oxygen atoms in total. The van der Waals surface area contributed by atoms with E-state index in [-0.39, 0.29) is 29.5 Å². The molecular formula is C32H40FN3O3. The number of hydrogen-bond acceptors (Lipinski definition) is 4. The summed E-state index contributed by atoms with van der Waals surface area (Å²) in [5.74, 6) is 0.619. The lowest BCUT2D eigenvalue weighted by Gasteiger charge is -2.49. The molecule has 7 heteroatoms. The van der Waals surface area contributed by atoms with Crippen LogP contribution in [0.5, 0.6) is 5.75 Å². The number of aromatic nitrogens is 1. The van der Waals surface area contributed by atoms with Crippen LogP contribution in [0.15, 0.2) is 42.5 Å². The number of rotatable bonds is 8. The molecule has 1 spiro atoms. The quantitative estimate of drug-likeness (QED) is 0.385. The maximum Gasteiger partial charge on any atom is 0.225 e. The summed E-state index contributed by atoms with van der Waals surface area (Å²) < 4.78 is 17.1. The molecule has 6 rings (SSSR count). The molecule has 0 unspecified atom stereocenters. The molecule has 1 aromatic heterocycles. The molecular weight excluding hydrogens is 493 g/mol. The van der Waals surface area contributed by atoms with Gasteiger partial charge in [0.25, 0.3) is 0 Å². The zero-order valence-electron chi connectivity index (χ0n) is 22.7. The Labute approximate surface area is 230 Å². The molecule has 3 aromatic rings. The second-order valence-electron chi connectivity index (χ2n) is 11.9. The number of piperidine rings is 1. The van der Waals surface area contributed by atoms with Gasteiger partial charge in [-0.05, 0) is 68.7 Å². The molecule has 3 heterocycles. The molecule has 2 fully saturated rings. The van der Waals surface area contributed by atoms with Gasteiger partial charge in [0.2, 0.25) is 5.91 Å². The Bertz CT molecular complexity index is 1340. The first-order valence-corrected chi connectivity index (χ1v) is 14.7. The topological polar surface area (TPSA) is 68.9 Å². The molecule has 1 aliphatic carbocycles. The number of phenols is 1. The van der Waals surface area contributed by atoms with Gasteiger partial charge in [0.05, 0.1) is 5.52 Å². The van der Waals surface area contributed by atoms with Gasteiger partial charge in [-0.25, -0.2) is 4.39 Å². The van der Waals surface area contributed by atoms with Crippen LogP contribution in [0.25, 0.3) is 10.9 Å². The fourth-order valence-corrected chi connectivity index (χ4v) is 7.19. The Kier molecular flexibility index (Phi) is 7.38. The largest absolute Gasteiger partial charge is 0.508 e. The molecule has 3 aliphatic rings. The lowest BCUT2D eigenvalue weighted by atomic mass is 9.69. The van der Waals surface area contributed by atoms with E-state index in [1.165, 1.54) is 22.7 Å². The molecule has 2 N–H and O–H groups in total. The standard InChI is InChI=1S/C32H40FN3O3/c33-27-10-3-2-7-24(27)20-34-21-29-30(26-12-11-25(38)19-28(26)36(29)15-4-1-5-18-37)32(22-34)13-16-35(17-14-32)31(39)23-8-6-9-23/h2-3,7,10-12,19,23,37-38H,1,4-6,8-9,13-18,20-22H2. The number of likely N-dealkylation sites (tertiary alicyclic amines) is 1. The number of aryl methyl sites for hydroxylation is 1. The molecule has 2 aliphatic heterocycles. The number of fused-ring (bicyclic) bond motifs is 4. The van der Waals surface area contributed by atoms with Gasteiger partial charge < -0.3 is 19.7 Å². The number of benzene rings is 2. The Balaban J connectivity index is 1.38. The minimum Gasteiger partial charge on any atom is -0.508 e. The van der Waals surface area contributed by atoms with Gasteiger partial charge in [0.15, 0.2) is 0 Å². The number of amides is 1. The van der Waals surface area contributed by atoms with E-state index >= 15 is 0 Å². The molecule has 208 valence electrons. The molecule has 1 amide bonds. The minimum atomic E-state index is -0.173. The third-order valence-electron chi connectivity index (χ3n) is 9.46. The number of aliphatic hydroxyl groups is 1. The van der Waals surface area contributed by atoms with Crippen molar-refractivity contribution in [1.29, 1.82) is 0 Å². The van der Waals surface area contributed by atoms with E-state index in [0.717, 1.165) is 83.1 Å². The maximum atomic E-state index is 14.7. The van der Waals surface area contributed by atoms with Crippen LogP contribution in [0.1, 0.15) is 68.2 Å². The van der Waals surface area contributed by atoms with E-state index in [0.29, 0.717) is 24.6 Å². The highest BCUT2D eigenvalue weighted by Gasteiger charge is 2.46. The van der Waals surface area contributed by atoms with Crippen molar-refractivity contribution in [2.45, 2.75) is 76.4 Å². The summed E-state index contributed by atoms with van der Waals surface area (Å²) in [6, 6.07) is 12.8. The highest BCUT2D eigenvalue weighted by Crippen LogP contribution is 2.48. The van der Waals surface area contributed by atoms with E-state index in [1.807, 2.05) is 18.2 Å². The van der Waals surface area contributed by atoms with Crippen LogP contribution < -0.4 is 0 Å². The van der Waals surface area contributed by atoms with Crippen molar-refractivity contribution in [3.8, 4) is 5.75 Å². The van der Waals surface area contributed by atoms with Crippen molar-refractivity contribution >= 4 is 16.8 Å². The van der Waals surface area contributed by atoms with E-state index in [1.54, 1.807) is 12.1 Å². The molecule has 39 heavy (non-hydrogen) atoms. The van der Waals surface area contributed by atoms with Crippen molar-refractivity contribution in [1.82, 2.24) is 14.4 Å². The highest BCUT2D eigenvalue weighted by molar-refractivity contribution is 5.88. The molecule has 0 atom stereocenters. The summed E-state index contributed by atoms with van der Waals surface area (Å²) in [5.41, 5.74) is 4.23. The van der Waals surface area contributed by atoms with Gasteiger partial charge in [0, 0.05) is 79.9 Å². The Morgan fingerprint density at radius 3 is 2.56 bits per heavy atom. The number of phenolic OH excluding ortho intramolecular Hbond substituents is 1. The van der Waals surface area contributed by atoms with Crippen molar-refractivity contribution in [3.63, 3.8) is 0 Å². The zero-order valence-corrected chi connectivity index (χ0v) is 22.7. The van der Waals surface area contributed by atoms with Gasteiger partial charge in [-0.15, -0.1) is 0 Å². The smallest absolute Gasteiger partial charge is 0.225 e. The van der Waals surface area contributed by atoms with E-state index < -0.39 is 0 Å². The number of hydrogen-bond donors (Lipinski definition) is 2. The first-order valence-electron chi connectivity index (χ1n) is 14.7. The second kappa shape index (κ2) is 10.9. The van der Waals surface area contributed by atoms with E-state index in [2.05, 4.69) is 20.4 Å². The first-order chi connectivity index (χ1) is 19.0. The number of nitrogens with zero attached hydrogens (tertiary/aromatic N) is 3. The Morgan fingerprint density at radius 1 is 1.05 bits per heavy atom. The minimum absolute atomic E-state index is 0.138. The fourth-order valence-electron chi connectivity index (χ4n) is 7.19. The Hall–Kier alpha value is -2.90. The van der Waals surface area contributed by atoms with Crippen LogP contribution >= 0.6 is 0 Å². The van der Waals surface area contributed by atoms with Crippen LogP contribution in [0, 0.1) is 11.7 Å². The fraction of sp³-hybridized carbons (Fsp3) is 0.531. The van der Waals surface area contributed by atoms with Gasteiger partial charge >= 0.3 is 0 Å². The highest BCUT2D eigenvalue weighted by atomic mass is 19.1. The third-order valence-corrected chi connectivity index (χ3v) is 9.46. The Morgan fingerprint density at radius 2 is 1.85 bits per heavy atom. The summed E-state index contributed by atoms with van der Waals surface area (Å²) in [6.07, 6.45) is 7.63. The first kappa shape index (κ1) is 26.3. The monoisotopic (exact) mass is 533 g/mol. The number of carbonyl (C=O) groups excluding carboxylic acids is 1. The van der Waals surface area contributed by atoms with Crippen LogP contribution in [-0.4, -0.2) is 56.7 Å². The molecule has 0 bridgehead atoms. The van der Waals surface area contributed by atoms with Crippen LogP contribution in [0.2, 0.25) is 0 Å². The molecule has 2 aromatic carbocycles. The maximum absolute atomic E-state index is 14.7. The van der Waals surface area contributed by atoms with Crippen LogP contribution in [0.4, 0.5) is 4.39 Å². The predicted octanol–water partition coefficient (Wildman–Crippen LogP) is 5.32. The summed E-state index contributed by atoms with van der Waals surface area (Å²) in [5, 5.41) is 20.9. The number of aromatic hydroxyl groups is 1. The average molecular weight is 534 g/mol. The van der Waals surface area contributed by atoms with Crippen molar-refractivity contribution in [2.75, 3.05) is 26.2 Å². The van der Waals surface area contributed by atoms with Crippen molar-refractivity contribution in [2.24, 2.45) is 5.92 Å². The number of aliphatic hydroxyl groups excluding tert-OH is 1. The summed E-state index contributed by atoms with van der Waals surface area (Å²) in [7, 11) is 0.